The van der Waals surface area contributed by atoms with Crippen molar-refractivity contribution in [3.63, 3.8) is 0 Å². The third-order valence-electron chi connectivity index (χ3n) is 10.1. The fourth-order valence-corrected chi connectivity index (χ4v) is 7.91. The van der Waals surface area contributed by atoms with Crippen molar-refractivity contribution in [1.29, 1.82) is 0 Å². The van der Waals surface area contributed by atoms with Gasteiger partial charge in [-0.3, -0.25) is 0 Å². The average molecular weight is 637 g/mol. The standard InChI is InChI=1S/C48H32N2/c1-3-13-33(14-4-1)34-27-30-38(31-28-34)49(44-23-11-20-42-41(44)32-29-36-26-25-35-15-7-8-18-39(35)47(36)42)46-24-12-21-43-40-19-9-10-22-45(40)50(48(43)46)37-16-5-2-6-17-37/h1-32H. The van der Waals surface area contributed by atoms with Crippen molar-refractivity contribution in [1.82, 2.24) is 4.57 Å². The number of aromatic nitrogens is 1. The summed E-state index contributed by atoms with van der Waals surface area (Å²) < 4.78 is 2.43. The molecular weight excluding hydrogens is 605 g/mol. The minimum atomic E-state index is 1.10. The van der Waals surface area contributed by atoms with Gasteiger partial charge in [0.05, 0.1) is 22.4 Å². The van der Waals surface area contributed by atoms with Gasteiger partial charge in [0, 0.05) is 27.5 Å². The van der Waals surface area contributed by atoms with E-state index in [1.807, 2.05) is 0 Å². The summed E-state index contributed by atoms with van der Waals surface area (Å²) in [6.07, 6.45) is 0. The molecule has 2 heteroatoms. The summed E-state index contributed by atoms with van der Waals surface area (Å²) in [5.74, 6) is 0. The number of anilines is 3. The molecule has 0 amide bonds. The number of para-hydroxylation sites is 3. The van der Waals surface area contributed by atoms with Crippen molar-refractivity contribution in [2.24, 2.45) is 0 Å². The molecule has 2 nitrogen and oxygen atoms in total. The molecule has 234 valence electrons. The fourth-order valence-electron chi connectivity index (χ4n) is 7.91. The number of fused-ring (bicyclic) bond motifs is 8. The van der Waals surface area contributed by atoms with Gasteiger partial charge < -0.3 is 9.47 Å². The molecule has 9 aromatic carbocycles. The first kappa shape index (κ1) is 28.4. The first-order chi connectivity index (χ1) is 24.8. The molecular formula is C48H32N2. The van der Waals surface area contributed by atoms with Crippen LogP contribution in [0.2, 0.25) is 0 Å². The number of nitrogens with zero attached hydrogens (tertiary/aromatic N) is 2. The summed E-state index contributed by atoms with van der Waals surface area (Å²) in [6.45, 7) is 0. The Bertz CT molecular complexity index is 2850. The fraction of sp³-hybridized carbons (Fsp3) is 0. The van der Waals surface area contributed by atoms with E-state index in [-0.39, 0.29) is 0 Å². The highest BCUT2D eigenvalue weighted by molar-refractivity contribution is 6.23. The van der Waals surface area contributed by atoms with E-state index < -0.39 is 0 Å². The lowest BCUT2D eigenvalue weighted by molar-refractivity contribution is 1.17. The third-order valence-corrected chi connectivity index (χ3v) is 10.1. The van der Waals surface area contributed by atoms with Crippen LogP contribution in [0, 0.1) is 0 Å². The van der Waals surface area contributed by atoms with E-state index >= 15 is 0 Å². The summed E-state index contributed by atoms with van der Waals surface area (Å²) in [4.78, 5) is 2.47. The quantitative estimate of drug-likeness (QED) is 0.171. The summed E-state index contributed by atoms with van der Waals surface area (Å²) in [5, 5.41) is 9.99. The molecule has 0 saturated heterocycles. The lowest BCUT2D eigenvalue weighted by atomic mass is 9.95. The summed E-state index contributed by atoms with van der Waals surface area (Å²) in [6, 6.07) is 70.5. The minimum absolute atomic E-state index is 1.10. The molecule has 10 aromatic rings. The van der Waals surface area contributed by atoms with E-state index in [0.717, 1.165) is 22.7 Å². The molecule has 0 aliphatic carbocycles. The highest BCUT2D eigenvalue weighted by atomic mass is 15.2. The van der Waals surface area contributed by atoms with Gasteiger partial charge in [-0.1, -0.05) is 152 Å². The second kappa shape index (κ2) is 11.5. The first-order valence-electron chi connectivity index (χ1n) is 17.2. The van der Waals surface area contributed by atoms with Crippen LogP contribution in [0.1, 0.15) is 0 Å². The lowest BCUT2D eigenvalue weighted by Crippen LogP contribution is -2.12. The van der Waals surface area contributed by atoms with Crippen LogP contribution in [0.25, 0.3) is 70.9 Å². The molecule has 0 N–H and O–H groups in total. The predicted molar refractivity (Wildman–Crippen MR) is 213 cm³/mol. The summed E-state index contributed by atoms with van der Waals surface area (Å²) in [5.41, 5.74) is 9.28. The molecule has 0 bridgehead atoms. The Labute approximate surface area is 290 Å². The van der Waals surface area contributed by atoms with Crippen LogP contribution >= 0.6 is 0 Å². The summed E-state index contributed by atoms with van der Waals surface area (Å²) in [7, 11) is 0. The second-order valence-corrected chi connectivity index (χ2v) is 12.9. The normalized spacial score (nSPS) is 11.6. The number of hydrogen-bond donors (Lipinski definition) is 0. The molecule has 50 heavy (non-hydrogen) atoms. The maximum atomic E-state index is 2.47. The second-order valence-electron chi connectivity index (χ2n) is 12.9. The van der Waals surface area contributed by atoms with Crippen molar-refractivity contribution in [3.05, 3.63) is 194 Å². The van der Waals surface area contributed by atoms with Crippen LogP contribution in [-0.2, 0) is 0 Å². The number of hydrogen-bond acceptors (Lipinski definition) is 1. The van der Waals surface area contributed by atoms with Crippen LogP contribution in [0.15, 0.2) is 194 Å². The topological polar surface area (TPSA) is 8.17 Å². The molecule has 0 spiro atoms. The molecule has 0 fully saturated rings. The van der Waals surface area contributed by atoms with Gasteiger partial charge in [-0.15, -0.1) is 0 Å². The smallest absolute Gasteiger partial charge is 0.0782 e. The van der Waals surface area contributed by atoms with Gasteiger partial charge in [0.25, 0.3) is 0 Å². The average Bonchev–Trinajstić information content (AvgIpc) is 3.54. The molecule has 0 radical (unpaired) electrons. The zero-order valence-electron chi connectivity index (χ0n) is 27.4. The Hall–Kier alpha value is -6.64. The van der Waals surface area contributed by atoms with Crippen molar-refractivity contribution >= 4 is 71.2 Å². The number of rotatable bonds is 5. The van der Waals surface area contributed by atoms with Crippen LogP contribution in [-0.4, -0.2) is 4.57 Å². The van der Waals surface area contributed by atoms with Crippen LogP contribution < -0.4 is 4.90 Å². The van der Waals surface area contributed by atoms with Crippen molar-refractivity contribution in [2.75, 3.05) is 4.90 Å². The molecule has 10 rings (SSSR count). The Morgan fingerprint density at radius 2 is 0.940 bits per heavy atom. The van der Waals surface area contributed by atoms with E-state index in [1.165, 1.54) is 65.3 Å². The van der Waals surface area contributed by atoms with Crippen molar-refractivity contribution < 1.29 is 0 Å². The Morgan fingerprint density at radius 1 is 0.340 bits per heavy atom. The molecule has 0 saturated carbocycles. The molecule has 0 atom stereocenters. The minimum Gasteiger partial charge on any atom is -0.308 e. The van der Waals surface area contributed by atoms with E-state index in [9.17, 15) is 0 Å². The third kappa shape index (κ3) is 4.43. The predicted octanol–water partition coefficient (Wildman–Crippen LogP) is 13.4. The molecule has 0 aliphatic rings. The number of benzene rings is 9. The van der Waals surface area contributed by atoms with Gasteiger partial charge in [0.1, 0.15) is 0 Å². The monoisotopic (exact) mass is 636 g/mol. The van der Waals surface area contributed by atoms with Gasteiger partial charge in [0.15, 0.2) is 0 Å². The van der Waals surface area contributed by atoms with E-state index in [1.54, 1.807) is 0 Å². The molecule has 0 unspecified atom stereocenters. The van der Waals surface area contributed by atoms with Crippen LogP contribution in [0.5, 0.6) is 0 Å². The van der Waals surface area contributed by atoms with Crippen LogP contribution in [0.4, 0.5) is 17.1 Å². The highest BCUT2D eigenvalue weighted by Crippen LogP contribution is 2.46. The largest absolute Gasteiger partial charge is 0.308 e. The molecule has 1 heterocycles. The van der Waals surface area contributed by atoms with Gasteiger partial charge in [-0.25, -0.2) is 0 Å². The molecule has 1 aromatic heterocycles. The zero-order valence-corrected chi connectivity index (χ0v) is 27.4. The molecule has 0 aliphatic heterocycles. The Balaban J connectivity index is 1.31. The van der Waals surface area contributed by atoms with E-state index in [0.29, 0.717) is 0 Å². The van der Waals surface area contributed by atoms with Gasteiger partial charge in [-0.05, 0) is 80.5 Å². The lowest BCUT2D eigenvalue weighted by Gasteiger charge is -2.29. The Morgan fingerprint density at radius 3 is 1.76 bits per heavy atom. The first-order valence-corrected chi connectivity index (χ1v) is 17.2. The summed E-state index contributed by atoms with van der Waals surface area (Å²) >= 11 is 0. The van der Waals surface area contributed by atoms with Crippen molar-refractivity contribution in [2.45, 2.75) is 0 Å². The van der Waals surface area contributed by atoms with Gasteiger partial charge in [-0.2, -0.15) is 0 Å². The Kier molecular flexibility index (Phi) is 6.53. The zero-order chi connectivity index (χ0) is 33.0. The van der Waals surface area contributed by atoms with E-state index in [2.05, 4.69) is 204 Å². The highest BCUT2D eigenvalue weighted by Gasteiger charge is 2.23. The maximum Gasteiger partial charge on any atom is 0.0782 e. The van der Waals surface area contributed by atoms with Crippen LogP contribution in [0.3, 0.4) is 0 Å². The maximum absolute atomic E-state index is 2.47. The van der Waals surface area contributed by atoms with Gasteiger partial charge >= 0.3 is 0 Å². The SMILES string of the molecule is c1ccc(-c2ccc(N(c3cccc4c3ccc3ccc5ccccc5c34)c3cccc4c5ccccc5n(-c5ccccc5)c34)cc2)cc1. The van der Waals surface area contributed by atoms with E-state index in [4.69, 9.17) is 0 Å². The van der Waals surface area contributed by atoms with Gasteiger partial charge in [0.2, 0.25) is 0 Å². The van der Waals surface area contributed by atoms with Crippen molar-refractivity contribution in [3.8, 4) is 16.8 Å².